The van der Waals surface area contributed by atoms with Crippen LogP contribution in [0.2, 0.25) is 0 Å². The van der Waals surface area contributed by atoms with Gasteiger partial charge in [0, 0.05) is 19.4 Å². The summed E-state index contributed by atoms with van der Waals surface area (Å²) in [6, 6.07) is 0. The van der Waals surface area contributed by atoms with Crippen LogP contribution in [0.25, 0.3) is 0 Å². The maximum atomic E-state index is 12.6. The largest absolute Gasteiger partial charge is 0.472 e. The van der Waals surface area contributed by atoms with E-state index < -0.39 is 32.5 Å². The van der Waals surface area contributed by atoms with Gasteiger partial charge in [-0.15, -0.1) is 0 Å². The van der Waals surface area contributed by atoms with E-state index in [9.17, 15) is 19.0 Å². The lowest BCUT2D eigenvalue weighted by molar-refractivity contribution is -0.161. The predicted molar refractivity (Wildman–Crippen MR) is 229 cm³/mol. The third kappa shape index (κ3) is 40.7. The number of ether oxygens (including phenoxy) is 2. The van der Waals surface area contributed by atoms with Gasteiger partial charge >= 0.3 is 19.8 Å². The number of hydrogen-bond donors (Lipinski definition) is 2. The Labute approximate surface area is 334 Å². The first-order valence-electron chi connectivity index (χ1n) is 21.1. The molecular weight excluding hydrogens is 713 g/mol. The minimum atomic E-state index is -4.39. The van der Waals surface area contributed by atoms with E-state index in [2.05, 4.69) is 98.9 Å². The fourth-order valence-corrected chi connectivity index (χ4v) is 5.92. The molecule has 0 rings (SSSR count). The molecule has 314 valence electrons. The van der Waals surface area contributed by atoms with E-state index in [0.29, 0.717) is 12.8 Å². The number of carbonyl (C=O) groups is 2. The highest BCUT2D eigenvalue weighted by Gasteiger charge is 2.25. The van der Waals surface area contributed by atoms with Gasteiger partial charge in [-0.25, -0.2) is 4.57 Å². The number of phosphoric ester groups is 1. The Bertz CT molecular complexity index is 1170. The Morgan fingerprint density at radius 3 is 1.51 bits per heavy atom. The second-order valence-electron chi connectivity index (χ2n) is 13.5. The van der Waals surface area contributed by atoms with Crippen LogP contribution < -0.4 is 5.73 Å². The molecular formula is C45H76NO8P. The van der Waals surface area contributed by atoms with Gasteiger partial charge in [0.05, 0.1) is 13.2 Å². The highest BCUT2D eigenvalue weighted by Crippen LogP contribution is 2.43. The van der Waals surface area contributed by atoms with E-state index >= 15 is 0 Å². The van der Waals surface area contributed by atoms with Crippen LogP contribution in [0, 0.1) is 0 Å². The molecule has 0 saturated carbocycles. The molecule has 0 heterocycles. The summed E-state index contributed by atoms with van der Waals surface area (Å²) < 4.78 is 32.7. The Hall–Kier alpha value is -2.81. The number of phosphoric acid groups is 1. The van der Waals surface area contributed by atoms with Gasteiger partial charge in [0.15, 0.2) is 6.10 Å². The lowest BCUT2D eigenvalue weighted by Gasteiger charge is -2.19. The third-order valence-corrected chi connectivity index (χ3v) is 9.25. The highest BCUT2D eigenvalue weighted by molar-refractivity contribution is 7.47. The molecule has 0 aliphatic heterocycles. The first-order chi connectivity index (χ1) is 26.8. The quantitative estimate of drug-likeness (QED) is 0.0271. The summed E-state index contributed by atoms with van der Waals surface area (Å²) in [5.74, 6) is -0.894. The van der Waals surface area contributed by atoms with Gasteiger partial charge in [0.1, 0.15) is 6.61 Å². The van der Waals surface area contributed by atoms with Crippen molar-refractivity contribution < 1.29 is 37.6 Å². The standard InChI is InChI=1S/C45H76NO8P/c1-3-5-7-9-11-13-15-17-19-20-21-22-24-26-28-30-32-34-36-38-45(48)54-43(42-53-55(49,50)52-40-39-46)41-51-44(47)37-35-33-31-29-27-25-23-18-16-14-12-10-8-6-4-2/h6,8,11-14,17-19,21-23,26,28,43H,3-5,7,9-10,15-16,20,24-25,27,29-42,46H2,1-2H3,(H,49,50)/b8-6+,13-11+,14-12+,19-17+,22-21+,23-18+,28-26+/t43-/m1/s1. The van der Waals surface area contributed by atoms with E-state index in [0.717, 1.165) is 89.9 Å². The molecule has 0 aliphatic rings. The summed E-state index contributed by atoms with van der Waals surface area (Å²) in [7, 11) is -4.39. The number of rotatable bonds is 38. The summed E-state index contributed by atoms with van der Waals surface area (Å²) >= 11 is 0. The zero-order valence-corrected chi connectivity index (χ0v) is 35.3. The molecule has 0 aromatic heterocycles. The molecule has 0 aliphatic carbocycles. The molecule has 0 radical (unpaired) electrons. The second kappa shape index (κ2) is 40.8. The normalized spacial score (nSPS) is 14.2. The fourth-order valence-electron chi connectivity index (χ4n) is 5.16. The van der Waals surface area contributed by atoms with Crippen LogP contribution in [0.4, 0.5) is 0 Å². The van der Waals surface area contributed by atoms with Crippen molar-refractivity contribution in [1.82, 2.24) is 0 Å². The number of allylic oxidation sites excluding steroid dienone is 14. The zero-order chi connectivity index (χ0) is 40.3. The van der Waals surface area contributed by atoms with E-state index in [1.54, 1.807) is 0 Å². The third-order valence-electron chi connectivity index (χ3n) is 8.27. The van der Waals surface area contributed by atoms with Gasteiger partial charge in [0.25, 0.3) is 0 Å². The SMILES string of the molecule is CC/C=C/C/C=C/C/C=C/CCCCCCCC(=O)OC[C@H](COP(=O)(O)OCCN)OC(=O)CCCCC/C=C/C/C=C/C/C=C/C/C=C/CCCCC. The molecule has 0 aromatic carbocycles. The van der Waals surface area contributed by atoms with Crippen molar-refractivity contribution in [2.75, 3.05) is 26.4 Å². The molecule has 0 aromatic rings. The van der Waals surface area contributed by atoms with Gasteiger partial charge in [0.2, 0.25) is 0 Å². The molecule has 0 amide bonds. The van der Waals surface area contributed by atoms with Gasteiger partial charge in [-0.3, -0.25) is 18.6 Å². The topological polar surface area (TPSA) is 134 Å². The molecule has 2 atom stereocenters. The Balaban J connectivity index is 4.29. The van der Waals surface area contributed by atoms with Crippen molar-refractivity contribution in [3.63, 3.8) is 0 Å². The molecule has 10 heteroatoms. The van der Waals surface area contributed by atoms with Gasteiger partial charge in [-0.2, -0.15) is 0 Å². The van der Waals surface area contributed by atoms with E-state index in [4.69, 9.17) is 24.3 Å². The average Bonchev–Trinajstić information content (AvgIpc) is 3.17. The number of hydrogen-bond acceptors (Lipinski definition) is 8. The van der Waals surface area contributed by atoms with Gasteiger partial charge in [-0.1, -0.05) is 137 Å². The van der Waals surface area contributed by atoms with Gasteiger partial charge in [-0.05, 0) is 89.9 Å². The predicted octanol–water partition coefficient (Wildman–Crippen LogP) is 12.0. The smallest absolute Gasteiger partial charge is 0.462 e. The Morgan fingerprint density at radius 2 is 1.00 bits per heavy atom. The summed E-state index contributed by atoms with van der Waals surface area (Å²) in [6.07, 6.45) is 50.4. The van der Waals surface area contributed by atoms with Crippen LogP contribution in [-0.2, 0) is 32.7 Å². The van der Waals surface area contributed by atoms with Crippen LogP contribution in [0.3, 0.4) is 0 Å². The molecule has 0 saturated heterocycles. The summed E-state index contributed by atoms with van der Waals surface area (Å²) in [4.78, 5) is 34.8. The van der Waals surface area contributed by atoms with E-state index in [-0.39, 0.29) is 32.6 Å². The van der Waals surface area contributed by atoms with Crippen molar-refractivity contribution >= 4 is 19.8 Å². The average molecular weight is 790 g/mol. The first-order valence-corrected chi connectivity index (χ1v) is 22.6. The van der Waals surface area contributed by atoms with Crippen LogP contribution in [0.15, 0.2) is 85.1 Å². The molecule has 55 heavy (non-hydrogen) atoms. The summed E-state index contributed by atoms with van der Waals surface area (Å²) in [6.45, 7) is 3.51. The number of carbonyl (C=O) groups excluding carboxylic acids is 2. The Kier molecular flexibility index (Phi) is 38.8. The van der Waals surface area contributed by atoms with E-state index in [1.165, 1.54) is 25.7 Å². The Morgan fingerprint density at radius 1 is 0.564 bits per heavy atom. The van der Waals surface area contributed by atoms with Gasteiger partial charge < -0.3 is 20.1 Å². The number of unbranched alkanes of at least 4 members (excludes halogenated alkanes) is 11. The fraction of sp³-hybridized carbons (Fsp3) is 0.644. The minimum Gasteiger partial charge on any atom is -0.462 e. The van der Waals surface area contributed by atoms with Crippen molar-refractivity contribution in [3.8, 4) is 0 Å². The molecule has 0 fully saturated rings. The molecule has 3 N–H and O–H groups in total. The monoisotopic (exact) mass is 790 g/mol. The van der Waals surface area contributed by atoms with Crippen LogP contribution >= 0.6 is 7.82 Å². The summed E-state index contributed by atoms with van der Waals surface area (Å²) in [5, 5.41) is 0. The van der Waals surface area contributed by atoms with Crippen molar-refractivity contribution in [2.45, 2.75) is 161 Å². The number of esters is 2. The molecule has 0 spiro atoms. The van der Waals surface area contributed by atoms with Crippen LogP contribution in [0.1, 0.15) is 155 Å². The maximum absolute atomic E-state index is 12.6. The zero-order valence-electron chi connectivity index (χ0n) is 34.4. The van der Waals surface area contributed by atoms with E-state index in [1.807, 2.05) is 0 Å². The molecule has 1 unspecified atom stereocenters. The van der Waals surface area contributed by atoms with Crippen molar-refractivity contribution in [3.05, 3.63) is 85.1 Å². The maximum Gasteiger partial charge on any atom is 0.472 e. The first kappa shape index (κ1) is 52.2. The summed E-state index contributed by atoms with van der Waals surface area (Å²) in [5.41, 5.74) is 5.34. The lowest BCUT2D eigenvalue weighted by Crippen LogP contribution is -2.29. The van der Waals surface area contributed by atoms with Crippen LogP contribution in [0.5, 0.6) is 0 Å². The van der Waals surface area contributed by atoms with Crippen molar-refractivity contribution in [1.29, 1.82) is 0 Å². The second-order valence-corrected chi connectivity index (χ2v) is 14.9. The number of nitrogens with two attached hydrogens (primary N) is 1. The highest BCUT2D eigenvalue weighted by atomic mass is 31.2. The molecule has 0 bridgehead atoms. The van der Waals surface area contributed by atoms with Crippen LogP contribution in [-0.4, -0.2) is 49.3 Å². The minimum absolute atomic E-state index is 0.0405. The lowest BCUT2D eigenvalue weighted by atomic mass is 10.1. The molecule has 9 nitrogen and oxygen atoms in total. The van der Waals surface area contributed by atoms with Crippen molar-refractivity contribution in [2.24, 2.45) is 5.73 Å².